The lowest BCUT2D eigenvalue weighted by Gasteiger charge is -2.40. The van der Waals surface area contributed by atoms with Gasteiger partial charge in [-0.1, -0.05) is 13.8 Å². The highest BCUT2D eigenvalue weighted by molar-refractivity contribution is 5.73. The van der Waals surface area contributed by atoms with E-state index < -0.39 is 5.97 Å². The highest BCUT2D eigenvalue weighted by Crippen LogP contribution is 2.18. The normalized spacial score (nSPS) is 27.8. The van der Waals surface area contributed by atoms with Gasteiger partial charge in [-0.15, -0.1) is 0 Å². The molecule has 2 fully saturated rings. The molecule has 0 aromatic carbocycles. The molecule has 2 heterocycles. The van der Waals surface area contributed by atoms with Crippen molar-refractivity contribution in [1.82, 2.24) is 9.80 Å². The van der Waals surface area contributed by atoms with Gasteiger partial charge in [0.15, 0.2) is 0 Å². The predicted molar refractivity (Wildman–Crippen MR) is 73.2 cm³/mol. The second-order valence-corrected chi connectivity index (χ2v) is 6.07. The maximum Gasteiger partial charge on any atom is 0.320 e. The highest BCUT2D eigenvalue weighted by Gasteiger charge is 2.32. The van der Waals surface area contributed by atoms with Crippen molar-refractivity contribution >= 4 is 5.97 Å². The third-order valence-corrected chi connectivity index (χ3v) is 4.19. The first kappa shape index (κ1) is 14.8. The Hall–Kier alpha value is -0.650. The molecule has 2 unspecified atom stereocenters. The lowest BCUT2D eigenvalue weighted by molar-refractivity contribution is -0.145. The van der Waals surface area contributed by atoms with Crippen LogP contribution >= 0.6 is 0 Å². The minimum Gasteiger partial charge on any atom is -0.480 e. The van der Waals surface area contributed by atoms with Gasteiger partial charge in [0.2, 0.25) is 0 Å². The number of rotatable bonds is 5. The summed E-state index contributed by atoms with van der Waals surface area (Å²) in [4.78, 5) is 16.0. The third-order valence-electron chi connectivity index (χ3n) is 4.19. The molecule has 5 heteroatoms. The zero-order chi connectivity index (χ0) is 13.8. The van der Waals surface area contributed by atoms with Crippen molar-refractivity contribution in [2.45, 2.75) is 38.8 Å². The van der Waals surface area contributed by atoms with Gasteiger partial charge >= 0.3 is 5.97 Å². The lowest BCUT2D eigenvalue weighted by atomic mass is 10.0. The Kier molecular flexibility index (Phi) is 5.19. The number of hydrogen-bond acceptors (Lipinski definition) is 4. The number of nitrogens with zero attached hydrogens (tertiary/aromatic N) is 2. The van der Waals surface area contributed by atoms with Crippen molar-refractivity contribution in [2.75, 3.05) is 39.4 Å². The monoisotopic (exact) mass is 270 g/mol. The number of ether oxygens (including phenoxy) is 1. The van der Waals surface area contributed by atoms with E-state index in [9.17, 15) is 9.90 Å². The first-order valence-electron chi connectivity index (χ1n) is 7.36. The molecule has 0 amide bonds. The van der Waals surface area contributed by atoms with Crippen molar-refractivity contribution < 1.29 is 14.6 Å². The van der Waals surface area contributed by atoms with Gasteiger partial charge in [0.25, 0.3) is 0 Å². The largest absolute Gasteiger partial charge is 0.480 e. The smallest absolute Gasteiger partial charge is 0.320 e. The van der Waals surface area contributed by atoms with Crippen LogP contribution in [0.4, 0.5) is 0 Å². The summed E-state index contributed by atoms with van der Waals surface area (Å²) in [5.74, 6) is -0.256. The van der Waals surface area contributed by atoms with Crippen molar-refractivity contribution in [3.8, 4) is 0 Å². The first-order chi connectivity index (χ1) is 9.08. The van der Waals surface area contributed by atoms with Crippen LogP contribution in [0, 0.1) is 5.92 Å². The summed E-state index contributed by atoms with van der Waals surface area (Å²) < 4.78 is 5.43. The van der Waals surface area contributed by atoms with Crippen molar-refractivity contribution in [2.24, 2.45) is 5.92 Å². The fraction of sp³-hybridized carbons (Fsp3) is 0.929. The van der Waals surface area contributed by atoms with Crippen LogP contribution in [0.15, 0.2) is 0 Å². The summed E-state index contributed by atoms with van der Waals surface area (Å²) in [5, 5.41) is 9.38. The summed E-state index contributed by atoms with van der Waals surface area (Å²) in [6.45, 7) is 9.54. The van der Waals surface area contributed by atoms with Gasteiger partial charge in [-0.3, -0.25) is 14.6 Å². The number of piperazine rings is 1. The van der Waals surface area contributed by atoms with Crippen LogP contribution in [0.5, 0.6) is 0 Å². The van der Waals surface area contributed by atoms with Crippen LogP contribution < -0.4 is 0 Å². The number of carbonyl (C=O) groups is 1. The number of carboxylic acids is 1. The average molecular weight is 270 g/mol. The molecule has 0 aromatic heterocycles. The second-order valence-electron chi connectivity index (χ2n) is 6.07. The maximum atomic E-state index is 11.4. The SMILES string of the molecule is CC(C)CC(C(=O)O)N1CCN(C2CCOC2)CC1. The molecule has 5 nitrogen and oxygen atoms in total. The molecule has 0 aromatic rings. The van der Waals surface area contributed by atoms with Crippen LogP contribution in [0.3, 0.4) is 0 Å². The molecule has 110 valence electrons. The molecular weight excluding hydrogens is 244 g/mol. The quantitative estimate of drug-likeness (QED) is 0.804. The Balaban J connectivity index is 1.84. The van der Waals surface area contributed by atoms with Gasteiger partial charge < -0.3 is 9.84 Å². The minimum atomic E-state index is -0.675. The molecule has 19 heavy (non-hydrogen) atoms. The zero-order valence-electron chi connectivity index (χ0n) is 12.0. The van der Waals surface area contributed by atoms with E-state index in [0.29, 0.717) is 12.0 Å². The van der Waals surface area contributed by atoms with Crippen molar-refractivity contribution in [3.63, 3.8) is 0 Å². The first-order valence-corrected chi connectivity index (χ1v) is 7.36. The highest BCUT2D eigenvalue weighted by atomic mass is 16.5. The Morgan fingerprint density at radius 3 is 2.47 bits per heavy atom. The fourth-order valence-electron chi connectivity index (χ4n) is 3.08. The summed E-state index contributed by atoms with van der Waals surface area (Å²) in [5.41, 5.74) is 0. The summed E-state index contributed by atoms with van der Waals surface area (Å²) in [7, 11) is 0. The molecular formula is C14H26N2O3. The van der Waals surface area contributed by atoms with E-state index in [1.807, 2.05) is 0 Å². The molecule has 2 rings (SSSR count). The van der Waals surface area contributed by atoms with Gasteiger partial charge in [-0.2, -0.15) is 0 Å². The van der Waals surface area contributed by atoms with E-state index >= 15 is 0 Å². The Morgan fingerprint density at radius 1 is 1.32 bits per heavy atom. The van der Waals surface area contributed by atoms with Gasteiger partial charge in [0.1, 0.15) is 6.04 Å². The van der Waals surface area contributed by atoms with Crippen molar-refractivity contribution in [1.29, 1.82) is 0 Å². The van der Waals surface area contributed by atoms with E-state index in [-0.39, 0.29) is 6.04 Å². The van der Waals surface area contributed by atoms with Crippen molar-refractivity contribution in [3.05, 3.63) is 0 Å². The topological polar surface area (TPSA) is 53.0 Å². The summed E-state index contributed by atoms with van der Waals surface area (Å²) in [6.07, 6.45) is 1.86. The van der Waals surface area contributed by atoms with Gasteiger partial charge in [-0.05, 0) is 18.8 Å². The summed E-state index contributed by atoms with van der Waals surface area (Å²) >= 11 is 0. The maximum absolute atomic E-state index is 11.4. The average Bonchev–Trinajstić information content (AvgIpc) is 2.89. The molecule has 1 N–H and O–H groups in total. The van der Waals surface area contributed by atoms with E-state index in [1.54, 1.807) is 0 Å². The van der Waals surface area contributed by atoms with Gasteiger partial charge in [-0.25, -0.2) is 0 Å². The van der Waals surface area contributed by atoms with Crippen LogP contribution in [0.25, 0.3) is 0 Å². The molecule has 0 bridgehead atoms. The Morgan fingerprint density at radius 2 is 2.00 bits per heavy atom. The molecule has 2 saturated heterocycles. The lowest BCUT2D eigenvalue weighted by Crippen LogP contribution is -2.55. The number of hydrogen-bond donors (Lipinski definition) is 1. The molecule has 2 aliphatic rings. The third kappa shape index (κ3) is 3.91. The van der Waals surface area contributed by atoms with Gasteiger partial charge in [0.05, 0.1) is 6.61 Å². The predicted octanol–water partition coefficient (Wildman–Crippen LogP) is 0.892. The second kappa shape index (κ2) is 6.68. The molecule has 0 aliphatic carbocycles. The van der Waals surface area contributed by atoms with Gasteiger partial charge in [0, 0.05) is 38.8 Å². The molecule has 2 aliphatic heterocycles. The van der Waals surface area contributed by atoms with E-state index in [2.05, 4.69) is 23.6 Å². The van der Waals surface area contributed by atoms with E-state index in [0.717, 1.165) is 52.2 Å². The van der Waals surface area contributed by atoms with Crippen LogP contribution in [0.2, 0.25) is 0 Å². The fourth-order valence-corrected chi connectivity index (χ4v) is 3.08. The standard InChI is InChI=1S/C14H26N2O3/c1-11(2)9-13(14(17)18)16-6-4-15(5-7-16)12-3-8-19-10-12/h11-13H,3-10H2,1-2H3,(H,17,18). The number of aliphatic carboxylic acids is 1. The Labute approximate surface area is 115 Å². The minimum absolute atomic E-state index is 0.318. The molecule has 0 radical (unpaired) electrons. The molecule has 0 spiro atoms. The van der Waals surface area contributed by atoms with Crippen LogP contribution in [-0.4, -0.2) is 72.4 Å². The summed E-state index contributed by atoms with van der Waals surface area (Å²) in [6, 6.07) is 0.234. The van der Waals surface area contributed by atoms with E-state index in [4.69, 9.17) is 4.74 Å². The van der Waals surface area contributed by atoms with Crippen LogP contribution in [-0.2, 0) is 9.53 Å². The molecule has 0 saturated carbocycles. The number of carboxylic acid groups (broad SMARTS) is 1. The molecule has 2 atom stereocenters. The Bertz CT molecular complexity index is 295. The van der Waals surface area contributed by atoms with Crippen LogP contribution in [0.1, 0.15) is 26.7 Å². The van der Waals surface area contributed by atoms with E-state index in [1.165, 1.54) is 0 Å². The zero-order valence-corrected chi connectivity index (χ0v) is 12.0.